The quantitative estimate of drug-likeness (QED) is 0.298. The molecule has 5 aromatic rings. The van der Waals surface area contributed by atoms with Gasteiger partial charge in [0.25, 0.3) is 0 Å². The number of rotatable bonds is 2. The average molecular weight is 374 g/mol. The molecule has 0 bridgehead atoms. The topological polar surface area (TPSA) is 4.93 Å². The Morgan fingerprint density at radius 1 is 0.792 bits per heavy atom. The summed E-state index contributed by atoms with van der Waals surface area (Å²) in [4.78, 5) is 0. The molecule has 1 nitrogen and oxygen atoms in total. The fourth-order valence-corrected chi connectivity index (χ4v) is 4.25. The molecule has 0 unspecified atom stereocenters. The van der Waals surface area contributed by atoms with Crippen LogP contribution in [0.3, 0.4) is 0 Å². The first-order chi connectivity index (χ1) is 11.8. The third-order valence-electron chi connectivity index (χ3n) is 5.03. The lowest BCUT2D eigenvalue weighted by molar-refractivity contribution is 0.827. The third kappa shape index (κ3) is 1.81. The summed E-state index contributed by atoms with van der Waals surface area (Å²) in [6, 6.07) is 24.3. The molecule has 0 saturated carbocycles. The number of halogens is 1. The highest BCUT2D eigenvalue weighted by molar-refractivity contribution is 9.10. The molecular formula is C22H16BrN. The van der Waals surface area contributed by atoms with Crippen LogP contribution in [0.25, 0.3) is 43.7 Å². The van der Waals surface area contributed by atoms with E-state index in [1.54, 1.807) is 0 Å². The van der Waals surface area contributed by atoms with E-state index >= 15 is 0 Å². The second-order valence-corrected chi connectivity index (χ2v) is 7.16. The first-order valence-corrected chi connectivity index (χ1v) is 9.09. The molecule has 0 fully saturated rings. The number of aryl methyl sites for hydroxylation is 1. The van der Waals surface area contributed by atoms with Gasteiger partial charge >= 0.3 is 0 Å². The van der Waals surface area contributed by atoms with Crippen LogP contribution in [0.15, 0.2) is 71.2 Å². The highest BCUT2D eigenvalue weighted by Crippen LogP contribution is 2.41. The van der Waals surface area contributed by atoms with Crippen molar-refractivity contribution in [2.45, 2.75) is 13.5 Å². The van der Waals surface area contributed by atoms with Crippen LogP contribution in [0.5, 0.6) is 0 Å². The highest BCUT2D eigenvalue weighted by atomic mass is 79.9. The summed E-state index contributed by atoms with van der Waals surface area (Å²) in [6.45, 7) is 3.21. The van der Waals surface area contributed by atoms with E-state index in [0.717, 1.165) is 11.0 Å². The molecule has 0 aliphatic carbocycles. The zero-order valence-electron chi connectivity index (χ0n) is 13.4. The molecule has 24 heavy (non-hydrogen) atoms. The Kier molecular flexibility index (Phi) is 2.98. The van der Waals surface area contributed by atoms with Crippen molar-refractivity contribution in [1.29, 1.82) is 0 Å². The van der Waals surface area contributed by atoms with E-state index in [0.29, 0.717) is 0 Å². The Hall–Kier alpha value is -2.32. The minimum absolute atomic E-state index is 0.987. The minimum Gasteiger partial charge on any atom is -0.341 e. The van der Waals surface area contributed by atoms with Gasteiger partial charge in [-0.25, -0.2) is 0 Å². The van der Waals surface area contributed by atoms with E-state index < -0.39 is 0 Å². The third-order valence-corrected chi connectivity index (χ3v) is 5.56. The van der Waals surface area contributed by atoms with Gasteiger partial charge in [0.15, 0.2) is 0 Å². The van der Waals surface area contributed by atoms with E-state index in [1.807, 2.05) is 0 Å². The molecule has 0 saturated heterocycles. The molecule has 2 heteroatoms. The van der Waals surface area contributed by atoms with Gasteiger partial charge in [-0.05, 0) is 53.1 Å². The number of hydrogen-bond donors (Lipinski definition) is 0. The van der Waals surface area contributed by atoms with Crippen LogP contribution >= 0.6 is 15.9 Å². The van der Waals surface area contributed by atoms with Crippen LogP contribution < -0.4 is 0 Å². The van der Waals surface area contributed by atoms with Gasteiger partial charge in [-0.2, -0.15) is 0 Å². The monoisotopic (exact) mass is 373 g/mol. The number of aromatic nitrogens is 1. The van der Waals surface area contributed by atoms with Crippen LogP contribution in [0, 0.1) is 0 Å². The molecule has 0 radical (unpaired) electrons. The normalized spacial score (nSPS) is 11.9. The standard InChI is InChI=1S/C22H16BrN/c1-2-24-19-5-3-4-15-8-11-18-17(14-6-9-16(23)10-7-14)12-13-20(24)22(18)21(15)19/h3-13H,2H2,1H3. The lowest BCUT2D eigenvalue weighted by atomic mass is 9.95. The summed E-state index contributed by atoms with van der Waals surface area (Å²) in [6.07, 6.45) is 0. The Morgan fingerprint density at radius 3 is 2.38 bits per heavy atom. The predicted molar refractivity (Wildman–Crippen MR) is 107 cm³/mol. The van der Waals surface area contributed by atoms with Crippen LogP contribution in [-0.2, 0) is 6.54 Å². The number of hydrogen-bond acceptors (Lipinski definition) is 0. The molecule has 5 rings (SSSR count). The fraction of sp³-hybridized carbons (Fsp3) is 0.0909. The maximum Gasteiger partial charge on any atom is 0.0498 e. The second kappa shape index (κ2) is 5.09. The molecule has 116 valence electrons. The maximum absolute atomic E-state index is 3.53. The lowest BCUT2D eigenvalue weighted by Crippen LogP contribution is -1.92. The largest absolute Gasteiger partial charge is 0.341 e. The molecule has 0 atom stereocenters. The van der Waals surface area contributed by atoms with Crippen molar-refractivity contribution in [2.24, 2.45) is 0 Å². The zero-order valence-corrected chi connectivity index (χ0v) is 15.0. The predicted octanol–water partition coefficient (Wildman–Crippen LogP) is 6.83. The number of nitrogens with zero attached hydrogens (tertiary/aromatic N) is 1. The molecule has 1 aromatic heterocycles. The van der Waals surface area contributed by atoms with E-state index in [9.17, 15) is 0 Å². The lowest BCUT2D eigenvalue weighted by Gasteiger charge is -2.09. The minimum atomic E-state index is 0.987. The summed E-state index contributed by atoms with van der Waals surface area (Å²) in [5.41, 5.74) is 5.23. The van der Waals surface area contributed by atoms with Crippen molar-refractivity contribution in [3.8, 4) is 11.1 Å². The fourth-order valence-electron chi connectivity index (χ4n) is 3.99. The summed E-state index contributed by atoms with van der Waals surface area (Å²) in [5, 5.41) is 5.45. The average Bonchev–Trinajstić information content (AvgIpc) is 2.95. The summed E-state index contributed by atoms with van der Waals surface area (Å²) in [7, 11) is 0. The zero-order chi connectivity index (χ0) is 16.3. The van der Waals surface area contributed by atoms with E-state index in [1.165, 1.54) is 43.7 Å². The molecule has 0 aliphatic rings. The second-order valence-electron chi connectivity index (χ2n) is 6.25. The smallest absolute Gasteiger partial charge is 0.0498 e. The van der Waals surface area contributed by atoms with Crippen LogP contribution in [0.1, 0.15) is 6.92 Å². The molecule has 0 aliphatic heterocycles. The Labute approximate surface area is 149 Å². The van der Waals surface area contributed by atoms with Crippen molar-refractivity contribution < 1.29 is 0 Å². The maximum atomic E-state index is 3.53. The van der Waals surface area contributed by atoms with Crippen LogP contribution in [0.4, 0.5) is 0 Å². The van der Waals surface area contributed by atoms with Crippen molar-refractivity contribution in [2.75, 3.05) is 0 Å². The van der Waals surface area contributed by atoms with Gasteiger partial charge in [0, 0.05) is 32.8 Å². The molecular weight excluding hydrogens is 358 g/mol. The van der Waals surface area contributed by atoms with Crippen molar-refractivity contribution >= 4 is 48.5 Å². The van der Waals surface area contributed by atoms with Crippen molar-refractivity contribution in [3.63, 3.8) is 0 Å². The summed E-state index contributed by atoms with van der Waals surface area (Å²) in [5.74, 6) is 0. The van der Waals surface area contributed by atoms with Crippen LogP contribution in [0.2, 0.25) is 0 Å². The summed E-state index contributed by atoms with van der Waals surface area (Å²) < 4.78 is 3.54. The molecule has 0 N–H and O–H groups in total. The van der Waals surface area contributed by atoms with Gasteiger partial charge in [0.2, 0.25) is 0 Å². The van der Waals surface area contributed by atoms with Gasteiger partial charge in [-0.1, -0.05) is 58.4 Å². The Morgan fingerprint density at radius 2 is 1.58 bits per heavy atom. The number of benzene rings is 4. The van der Waals surface area contributed by atoms with Gasteiger partial charge in [0.05, 0.1) is 0 Å². The first-order valence-electron chi connectivity index (χ1n) is 8.30. The molecule has 4 aromatic carbocycles. The van der Waals surface area contributed by atoms with Crippen molar-refractivity contribution in [3.05, 3.63) is 71.2 Å². The Balaban J connectivity index is 1.97. The molecule has 0 spiro atoms. The van der Waals surface area contributed by atoms with E-state index in [2.05, 4.69) is 94.2 Å². The van der Waals surface area contributed by atoms with E-state index in [-0.39, 0.29) is 0 Å². The van der Waals surface area contributed by atoms with Gasteiger partial charge < -0.3 is 4.57 Å². The first kappa shape index (κ1) is 14.1. The molecule has 1 heterocycles. The van der Waals surface area contributed by atoms with Crippen LogP contribution in [-0.4, -0.2) is 4.57 Å². The molecule has 0 amide bonds. The highest BCUT2D eigenvalue weighted by Gasteiger charge is 2.16. The van der Waals surface area contributed by atoms with Crippen molar-refractivity contribution in [1.82, 2.24) is 4.57 Å². The van der Waals surface area contributed by atoms with E-state index in [4.69, 9.17) is 0 Å². The van der Waals surface area contributed by atoms with Gasteiger partial charge in [0.1, 0.15) is 0 Å². The SMILES string of the molecule is CCn1c2cccc3ccc4c(-c5ccc(Br)cc5)ccc1c4c32. The Bertz CT molecular complexity index is 1180. The summed E-state index contributed by atoms with van der Waals surface area (Å²) >= 11 is 3.53. The van der Waals surface area contributed by atoms with Gasteiger partial charge in [-0.3, -0.25) is 0 Å². The van der Waals surface area contributed by atoms with Gasteiger partial charge in [-0.15, -0.1) is 0 Å².